The van der Waals surface area contributed by atoms with Crippen molar-refractivity contribution >= 4 is 5.97 Å². The zero-order valence-electron chi connectivity index (χ0n) is 16.9. The molecule has 0 unspecified atom stereocenters. The van der Waals surface area contributed by atoms with Gasteiger partial charge < -0.3 is 74.7 Å². The molecule has 33 heavy (non-hydrogen) atoms. The minimum atomic E-state index is -2.11. The highest BCUT2D eigenvalue weighted by Crippen LogP contribution is 2.32. The van der Waals surface area contributed by atoms with Gasteiger partial charge in [-0.25, -0.2) is 4.79 Å². The molecule has 0 aromatic carbocycles. The average molecular weight is 488 g/mol. The number of carboxylic acid groups (broad SMARTS) is 1. The fourth-order valence-corrected chi connectivity index (χ4v) is 3.81. The quantitative estimate of drug-likeness (QED) is 0.159. The van der Waals surface area contributed by atoms with Gasteiger partial charge in [0.2, 0.25) is 0 Å². The average Bonchev–Trinajstić information content (AvgIpc) is 3.05. The van der Waals surface area contributed by atoms with Crippen LogP contribution in [0.3, 0.4) is 0 Å². The maximum absolute atomic E-state index is 11.6. The number of rotatable bonds is 7. The summed E-state index contributed by atoms with van der Waals surface area (Å²) in [5, 5.41) is 98.4. The van der Waals surface area contributed by atoms with Gasteiger partial charge in [0.1, 0.15) is 61.0 Å². The number of hydrogen-bond donors (Lipinski definition) is 10. The molecular formula is C17H28O16. The van der Waals surface area contributed by atoms with Crippen LogP contribution in [0.15, 0.2) is 0 Å². The Hall–Kier alpha value is -1.09. The van der Waals surface area contributed by atoms with Crippen molar-refractivity contribution in [1.82, 2.24) is 0 Å². The third kappa shape index (κ3) is 5.14. The van der Waals surface area contributed by atoms with Crippen LogP contribution in [0.25, 0.3) is 0 Å². The van der Waals surface area contributed by atoms with Crippen molar-refractivity contribution in [1.29, 1.82) is 0 Å². The molecule has 3 aliphatic heterocycles. The second-order valence-electron chi connectivity index (χ2n) is 7.88. The molecule has 16 heteroatoms. The molecule has 3 aliphatic rings. The fraction of sp³-hybridized carbons (Fsp3) is 0.941. The summed E-state index contributed by atoms with van der Waals surface area (Å²) in [5.74, 6) is -1.68. The molecule has 3 heterocycles. The number of aliphatic carboxylic acids is 1. The van der Waals surface area contributed by atoms with Crippen LogP contribution < -0.4 is 0 Å². The number of carbonyl (C=O) groups is 1. The first kappa shape index (κ1) is 26.5. The van der Waals surface area contributed by atoms with Crippen molar-refractivity contribution in [3.63, 3.8) is 0 Å². The van der Waals surface area contributed by atoms with Crippen LogP contribution in [-0.2, 0) is 28.5 Å². The van der Waals surface area contributed by atoms with Crippen LogP contribution in [0.1, 0.15) is 0 Å². The van der Waals surface area contributed by atoms with E-state index in [2.05, 4.69) is 0 Å². The van der Waals surface area contributed by atoms with Crippen LogP contribution in [-0.4, -0.2) is 156 Å². The van der Waals surface area contributed by atoms with E-state index in [0.29, 0.717) is 0 Å². The Labute approximate surface area is 185 Å². The molecule has 3 saturated heterocycles. The lowest BCUT2D eigenvalue weighted by Crippen LogP contribution is -2.65. The van der Waals surface area contributed by atoms with Crippen molar-refractivity contribution in [2.75, 3.05) is 13.2 Å². The maximum Gasteiger partial charge on any atom is 0.335 e. The van der Waals surface area contributed by atoms with Crippen molar-refractivity contribution in [3.8, 4) is 0 Å². The van der Waals surface area contributed by atoms with E-state index < -0.39 is 105 Å². The number of hydrogen-bond acceptors (Lipinski definition) is 15. The molecular weight excluding hydrogens is 460 g/mol. The zero-order chi connectivity index (χ0) is 24.6. The molecule has 3 rings (SSSR count). The second kappa shape index (κ2) is 10.7. The first-order valence-electron chi connectivity index (χ1n) is 10.00. The van der Waals surface area contributed by atoms with E-state index in [9.17, 15) is 50.8 Å². The predicted molar refractivity (Wildman–Crippen MR) is 95.8 cm³/mol. The lowest BCUT2D eigenvalue weighted by atomic mass is 9.97. The monoisotopic (exact) mass is 488 g/mol. The summed E-state index contributed by atoms with van der Waals surface area (Å²) in [5.41, 5.74) is 0. The van der Waals surface area contributed by atoms with E-state index in [1.165, 1.54) is 0 Å². The van der Waals surface area contributed by atoms with Gasteiger partial charge in [-0.2, -0.15) is 0 Å². The molecule has 0 saturated carbocycles. The van der Waals surface area contributed by atoms with Crippen LogP contribution in [0, 0.1) is 0 Å². The SMILES string of the molecule is O=C(O)[C@H]1O[C@@H](O)[C@H](O[C@@H]2O[C@H](CO)[C@H](O)[C@H](O)[C@H]2O)[C@@H](O)[C@@H]1O[C@@H]1O[C@@H](CO)[C@H](O)[C@H]1O. The molecule has 0 spiro atoms. The molecule has 0 aliphatic carbocycles. The zero-order valence-corrected chi connectivity index (χ0v) is 16.9. The predicted octanol–water partition coefficient (Wildman–Crippen LogP) is -6.84. The van der Waals surface area contributed by atoms with E-state index in [1.54, 1.807) is 0 Å². The summed E-state index contributed by atoms with van der Waals surface area (Å²) in [6, 6.07) is 0. The van der Waals surface area contributed by atoms with E-state index in [0.717, 1.165) is 0 Å². The Kier molecular flexibility index (Phi) is 8.57. The summed E-state index contributed by atoms with van der Waals surface area (Å²) in [6.45, 7) is -1.49. The first-order chi connectivity index (χ1) is 15.5. The number of carboxylic acids is 1. The molecule has 16 nitrogen and oxygen atoms in total. The molecule has 192 valence electrons. The maximum atomic E-state index is 11.6. The van der Waals surface area contributed by atoms with Gasteiger partial charge >= 0.3 is 5.97 Å². The Morgan fingerprint density at radius 2 is 1.09 bits per heavy atom. The lowest BCUT2D eigenvalue weighted by molar-refractivity contribution is -0.367. The van der Waals surface area contributed by atoms with Gasteiger partial charge in [-0.3, -0.25) is 0 Å². The van der Waals surface area contributed by atoms with Gasteiger partial charge in [-0.05, 0) is 0 Å². The van der Waals surface area contributed by atoms with Crippen molar-refractivity contribution in [2.45, 2.75) is 86.0 Å². The summed E-state index contributed by atoms with van der Waals surface area (Å²) >= 11 is 0. The Morgan fingerprint density at radius 3 is 1.58 bits per heavy atom. The topological polar surface area (TPSA) is 266 Å². The normalized spacial score (nSPS) is 50.9. The smallest absolute Gasteiger partial charge is 0.335 e. The van der Waals surface area contributed by atoms with Crippen molar-refractivity contribution in [2.24, 2.45) is 0 Å². The Balaban J connectivity index is 1.77. The molecule has 14 atom stereocenters. The van der Waals surface area contributed by atoms with Crippen molar-refractivity contribution in [3.05, 3.63) is 0 Å². The molecule has 0 aromatic heterocycles. The number of ether oxygens (including phenoxy) is 5. The van der Waals surface area contributed by atoms with Gasteiger partial charge in [0.15, 0.2) is 25.0 Å². The number of aliphatic hydroxyl groups excluding tert-OH is 9. The summed E-state index contributed by atoms with van der Waals surface area (Å²) in [7, 11) is 0. The lowest BCUT2D eigenvalue weighted by Gasteiger charge is -2.45. The minimum absolute atomic E-state index is 0.703. The molecule has 0 bridgehead atoms. The Bertz CT molecular complexity index is 663. The molecule has 3 fully saturated rings. The van der Waals surface area contributed by atoms with Gasteiger partial charge in [-0.1, -0.05) is 0 Å². The summed E-state index contributed by atoms with van der Waals surface area (Å²) < 4.78 is 25.8. The highest BCUT2D eigenvalue weighted by atomic mass is 16.8. The third-order valence-electron chi connectivity index (χ3n) is 5.71. The van der Waals surface area contributed by atoms with Gasteiger partial charge in [0.25, 0.3) is 0 Å². The van der Waals surface area contributed by atoms with Gasteiger partial charge in [-0.15, -0.1) is 0 Å². The van der Waals surface area contributed by atoms with E-state index >= 15 is 0 Å². The van der Waals surface area contributed by atoms with Crippen LogP contribution in [0.2, 0.25) is 0 Å². The molecule has 0 amide bonds. The molecule has 10 N–H and O–H groups in total. The third-order valence-corrected chi connectivity index (χ3v) is 5.71. The van der Waals surface area contributed by atoms with Crippen LogP contribution >= 0.6 is 0 Å². The van der Waals surface area contributed by atoms with E-state index in [4.69, 9.17) is 28.8 Å². The van der Waals surface area contributed by atoms with Crippen LogP contribution in [0.5, 0.6) is 0 Å². The van der Waals surface area contributed by atoms with E-state index in [1.807, 2.05) is 0 Å². The highest BCUT2D eigenvalue weighted by molar-refractivity contribution is 5.73. The Morgan fingerprint density at radius 1 is 0.636 bits per heavy atom. The van der Waals surface area contributed by atoms with Gasteiger partial charge in [0, 0.05) is 0 Å². The summed E-state index contributed by atoms with van der Waals surface area (Å²) in [6.07, 6.45) is -24.8. The number of aliphatic hydroxyl groups is 9. The first-order valence-corrected chi connectivity index (χ1v) is 10.00. The fourth-order valence-electron chi connectivity index (χ4n) is 3.81. The summed E-state index contributed by atoms with van der Waals surface area (Å²) in [4.78, 5) is 11.6. The van der Waals surface area contributed by atoms with Crippen molar-refractivity contribution < 1.29 is 79.5 Å². The molecule has 0 aromatic rings. The van der Waals surface area contributed by atoms with Crippen LogP contribution in [0.4, 0.5) is 0 Å². The second-order valence-corrected chi connectivity index (χ2v) is 7.88. The van der Waals surface area contributed by atoms with Gasteiger partial charge in [0.05, 0.1) is 13.2 Å². The standard InChI is InChI=1S/C17H28O16/c18-1-3-5(20)7(22)9(24)17(29-3)33-12-10(25)11(13(14(26)27)31-15(12)28)32-16-8(23)6(21)4(2-19)30-16/h3-13,15-25,28H,1-2H2,(H,26,27)/t3-,4+,5+,6+,7+,8-,9-,10+,11+,12-,13+,15-,16+,17+/m1/s1. The highest BCUT2D eigenvalue weighted by Gasteiger charge is 2.55. The largest absolute Gasteiger partial charge is 0.479 e. The molecule has 0 radical (unpaired) electrons. The minimum Gasteiger partial charge on any atom is -0.479 e. The van der Waals surface area contributed by atoms with E-state index in [-0.39, 0.29) is 0 Å².